The predicted molar refractivity (Wildman–Crippen MR) is 53.4 cm³/mol. The van der Waals surface area contributed by atoms with Gasteiger partial charge in [0.25, 0.3) is 0 Å². The molecule has 0 unspecified atom stereocenters. The standard InChI is InChI=1S/C10H19N3/c11-5-7-12-6-4-10-13-8-2-1-3-9-13/h12H,1-4,6-10H2. The molecule has 1 N–H and O–H groups in total. The third kappa shape index (κ3) is 4.87. The first-order valence-electron chi connectivity index (χ1n) is 5.23. The van der Waals surface area contributed by atoms with E-state index in [4.69, 9.17) is 5.26 Å². The average molecular weight is 181 g/mol. The van der Waals surface area contributed by atoms with Gasteiger partial charge in [-0.3, -0.25) is 0 Å². The summed E-state index contributed by atoms with van der Waals surface area (Å²) in [4.78, 5) is 2.53. The van der Waals surface area contributed by atoms with Crippen LogP contribution in [-0.2, 0) is 0 Å². The van der Waals surface area contributed by atoms with Crippen molar-refractivity contribution in [2.24, 2.45) is 0 Å². The summed E-state index contributed by atoms with van der Waals surface area (Å²) in [6.45, 7) is 5.21. The van der Waals surface area contributed by atoms with E-state index >= 15 is 0 Å². The molecule has 1 aliphatic rings. The summed E-state index contributed by atoms with van der Waals surface area (Å²) >= 11 is 0. The molecule has 13 heavy (non-hydrogen) atoms. The van der Waals surface area contributed by atoms with Gasteiger partial charge in [0.2, 0.25) is 0 Å². The number of rotatable bonds is 5. The summed E-state index contributed by atoms with van der Waals surface area (Å²) in [5.74, 6) is 0. The first-order chi connectivity index (χ1) is 6.43. The van der Waals surface area contributed by atoms with Crippen LogP contribution < -0.4 is 5.32 Å². The van der Waals surface area contributed by atoms with Crippen molar-refractivity contribution in [2.75, 3.05) is 32.7 Å². The number of nitriles is 1. The minimum atomic E-state index is 0.486. The molecule has 3 heteroatoms. The van der Waals surface area contributed by atoms with E-state index in [2.05, 4.69) is 16.3 Å². The van der Waals surface area contributed by atoms with E-state index in [9.17, 15) is 0 Å². The van der Waals surface area contributed by atoms with Crippen LogP contribution >= 0.6 is 0 Å². The molecule has 0 aromatic carbocycles. The highest BCUT2D eigenvalue weighted by atomic mass is 15.1. The highest BCUT2D eigenvalue weighted by Gasteiger charge is 2.08. The third-order valence-electron chi connectivity index (χ3n) is 2.48. The Morgan fingerprint density at radius 3 is 2.69 bits per heavy atom. The van der Waals surface area contributed by atoms with Gasteiger partial charge in [-0.05, 0) is 45.4 Å². The van der Waals surface area contributed by atoms with Crippen molar-refractivity contribution < 1.29 is 0 Å². The van der Waals surface area contributed by atoms with Crippen LogP contribution in [0.4, 0.5) is 0 Å². The first-order valence-corrected chi connectivity index (χ1v) is 5.23. The fourth-order valence-electron chi connectivity index (χ4n) is 1.75. The highest BCUT2D eigenvalue weighted by Crippen LogP contribution is 2.08. The summed E-state index contributed by atoms with van der Waals surface area (Å²) in [7, 11) is 0. The van der Waals surface area contributed by atoms with Crippen molar-refractivity contribution in [1.82, 2.24) is 10.2 Å². The van der Waals surface area contributed by atoms with Crippen LogP contribution in [0, 0.1) is 11.3 Å². The molecule has 1 fully saturated rings. The van der Waals surface area contributed by atoms with Gasteiger partial charge < -0.3 is 10.2 Å². The Morgan fingerprint density at radius 1 is 1.23 bits per heavy atom. The van der Waals surface area contributed by atoms with Crippen molar-refractivity contribution in [3.8, 4) is 6.07 Å². The summed E-state index contributed by atoms with van der Waals surface area (Å²) in [6.07, 6.45) is 5.31. The Balaban J connectivity index is 1.90. The van der Waals surface area contributed by atoms with E-state index in [0.29, 0.717) is 6.54 Å². The molecular weight excluding hydrogens is 162 g/mol. The third-order valence-corrected chi connectivity index (χ3v) is 2.48. The average Bonchev–Trinajstić information content (AvgIpc) is 2.19. The van der Waals surface area contributed by atoms with Crippen LogP contribution in [0.2, 0.25) is 0 Å². The molecule has 0 aliphatic carbocycles. The zero-order valence-corrected chi connectivity index (χ0v) is 8.26. The fourth-order valence-corrected chi connectivity index (χ4v) is 1.75. The molecule has 0 atom stereocenters. The molecule has 3 nitrogen and oxygen atoms in total. The number of hydrogen-bond donors (Lipinski definition) is 1. The SMILES string of the molecule is N#CCNCCCN1CCCCC1. The van der Waals surface area contributed by atoms with E-state index < -0.39 is 0 Å². The molecule has 0 bridgehead atoms. The number of piperidine rings is 1. The zero-order chi connectivity index (χ0) is 9.36. The summed E-state index contributed by atoms with van der Waals surface area (Å²) < 4.78 is 0. The van der Waals surface area contributed by atoms with E-state index in [0.717, 1.165) is 6.54 Å². The molecule has 1 rings (SSSR count). The molecule has 0 aromatic heterocycles. The lowest BCUT2D eigenvalue weighted by Gasteiger charge is -2.26. The number of likely N-dealkylation sites (tertiary alicyclic amines) is 1. The van der Waals surface area contributed by atoms with Gasteiger partial charge in [0.15, 0.2) is 0 Å². The van der Waals surface area contributed by atoms with Crippen molar-refractivity contribution in [3.05, 3.63) is 0 Å². The second-order valence-corrected chi connectivity index (χ2v) is 3.59. The van der Waals surface area contributed by atoms with Crippen LogP contribution in [-0.4, -0.2) is 37.6 Å². The second-order valence-electron chi connectivity index (χ2n) is 3.59. The maximum atomic E-state index is 8.29. The number of hydrogen-bond acceptors (Lipinski definition) is 3. The van der Waals surface area contributed by atoms with Crippen molar-refractivity contribution in [3.63, 3.8) is 0 Å². The quantitative estimate of drug-likeness (QED) is 0.507. The topological polar surface area (TPSA) is 39.1 Å². The Morgan fingerprint density at radius 2 is 2.00 bits per heavy atom. The Labute approximate surface area is 80.7 Å². The van der Waals surface area contributed by atoms with Crippen LogP contribution in [0.1, 0.15) is 25.7 Å². The van der Waals surface area contributed by atoms with Gasteiger partial charge >= 0.3 is 0 Å². The molecule has 0 amide bonds. The first kappa shape index (κ1) is 10.5. The summed E-state index contributed by atoms with van der Waals surface area (Å²) in [5, 5.41) is 11.4. The largest absolute Gasteiger partial charge is 0.304 e. The lowest BCUT2D eigenvalue weighted by Crippen LogP contribution is -2.32. The minimum absolute atomic E-state index is 0.486. The Bertz CT molecular complexity index is 156. The molecule has 0 saturated carbocycles. The molecule has 0 spiro atoms. The van der Waals surface area contributed by atoms with E-state index in [1.54, 1.807) is 0 Å². The lowest BCUT2D eigenvalue weighted by molar-refractivity contribution is 0.226. The van der Waals surface area contributed by atoms with Crippen LogP contribution in [0.5, 0.6) is 0 Å². The van der Waals surface area contributed by atoms with Crippen molar-refractivity contribution >= 4 is 0 Å². The van der Waals surface area contributed by atoms with E-state index in [1.165, 1.54) is 45.3 Å². The van der Waals surface area contributed by atoms with Gasteiger partial charge in [-0.15, -0.1) is 0 Å². The molecule has 0 radical (unpaired) electrons. The normalized spacial score (nSPS) is 18.4. The summed E-state index contributed by atoms with van der Waals surface area (Å²) in [5.41, 5.74) is 0. The van der Waals surface area contributed by atoms with E-state index in [1.807, 2.05) is 0 Å². The smallest absolute Gasteiger partial charge is 0.0840 e. The van der Waals surface area contributed by atoms with Gasteiger partial charge in [-0.1, -0.05) is 6.42 Å². The zero-order valence-electron chi connectivity index (χ0n) is 8.26. The van der Waals surface area contributed by atoms with Gasteiger partial charge in [0, 0.05) is 0 Å². The molecule has 1 aliphatic heterocycles. The monoisotopic (exact) mass is 181 g/mol. The molecule has 1 saturated heterocycles. The second kappa shape index (κ2) is 6.88. The van der Waals surface area contributed by atoms with Crippen LogP contribution in [0.25, 0.3) is 0 Å². The minimum Gasteiger partial charge on any atom is -0.304 e. The Hall–Kier alpha value is -0.590. The van der Waals surface area contributed by atoms with Crippen LogP contribution in [0.3, 0.4) is 0 Å². The predicted octanol–water partition coefficient (Wildman–Crippen LogP) is 0.976. The molecule has 1 heterocycles. The van der Waals surface area contributed by atoms with E-state index in [-0.39, 0.29) is 0 Å². The van der Waals surface area contributed by atoms with Gasteiger partial charge in [-0.25, -0.2) is 0 Å². The lowest BCUT2D eigenvalue weighted by atomic mass is 10.1. The molecule has 0 aromatic rings. The van der Waals surface area contributed by atoms with Gasteiger partial charge in [-0.2, -0.15) is 5.26 Å². The number of nitrogens with one attached hydrogen (secondary N) is 1. The van der Waals surface area contributed by atoms with Crippen molar-refractivity contribution in [1.29, 1.82) is 5.26 Å². The highest BCUT2D eigenvalue weighted by molar-refractivity contribution is 4.72. The van der Waals surface area contributed by atoms with Crippen molar-refractivity contribution in [2.45, 2.75) is 25.7 Å². The molecule has 74 valence electrons. The fraction of sp³-hybridized carbons (Fsp3) is 0.900. The Kier molecular flexibility index (Phi) is 5.55. The maximum absolute atomic E-state index is 8.29. The maximum Gasteiger partial charge on any atom is 0.0840 e. The summed E-state index contributed by atoms with van der Waals surface area (Å²) in [6, 6.07) is 2.08. The van der Waals surface area contributed by atoms with Crippen LogP contribution in [0.15, 0.2) is 0 Å². The van der Waals surface area contributed by atoms with Gasteiger partial charge in [0.1, 0.15) is 0 Å². The van der Waals surface area contributed by atoms with Gasteiger partial charge in [0.05, 0.1) is 12.6 Å². The molecular formula is C10H19N3. The number of nitrogens with zero attached hydrogens (tertiary/aromatic N) is 2.